The maximum atomic E-state index is 12.5. The van der Waals surface area contributed by atoms with Crippen LogP contribution in [0.3, 0.4) is 0 Å². The first-order valence-corrected chi connectivity index (χ1v) is 6.84. The molecule has 1 fully saturated rings. The highest BCUT2D eigenvalue weighted by atomic mass is 16.5. The number of ether oxygens (including phenoxy) is 1. The van der Waals surface area contributed by atoms with Gasteiger partial charge < -0.3 is 14.7 Å². The zero-order valence-corrected chi connectivity index (χ0v) is 11.1. The summed E-state index contributed by atoms with van der Waals surface area (Å²) in [5.41, 5.74) is 2.06. The summed E-state index contributed by atoms with van der Waals surface area (Å²) in [7, 11) is 0. The molecule has 0 radical (unpaired) electrons. The highest BCUT2D eigenvalue weighted by Crippen LogP contribution is 2.26. The Balaban J connectivity index is 1.88. The molecule has 0 saturated carbocycles. The molecule has 1 aromatic rings. The molecule has 1 aromatic carbocycles. The average Bonchev–Trinajstić information content (AvgIpc) is 2.99. The summed E-state index contributed by atoms with van der Waals surface area (Å²) in [5.74, 6) is -1.22. The predicted molar refractivity (Wildman–Crippen MR) is 71.0 cm³/mol. The smallest absolute Gasteiger partial charge is 0.326 e. The molecule has 2 aliphatic heterocycles. The van der Waals surface area contributed by atoms with Crippen LogP contribution in [0.15, 0.2) is 24.3 Å². The number of carbonyl (C=O) groups excluding carboxylic acids is 1. The van der Waals surface area contributed by atoms with Gasteiger partial charge in [0.15, 0.2) is 0 Å². The monoisotopic (exact) mass is 275 g/mol. The van der Waals surface area contributed by atoms with E-state index in [1.807, 2.05) is 24.3 Å². The Labute approximate surface area is 117 Å². The standard InChI is InChI=1S/C15H17NO4/c17-14(12-5-6-20-9-12)16-8-11-4-2-1-3-10(11)7-13(16)15(18)19/h1-4,12-13H,5-9H2,(H,18,19). The third-order valence-electron chi connectivity index (χ3n) is 4.10. The molecular weight excluding hydrogens is 258 g/mol. The molecule has 0 aromatic heterocycles. The highest BCUT2D eigenvalue weighted by molar-refractivity contribution is 5.86. The lowest BCUT2D eigenvalue weighted by atomic mass is 9.92. The number of carbonyl (C=O) groups is 2. The maximum absolute atomic E-state index is 12.5. The third kappa shape index (κ3) is 2.29. The molecule has 2 heterocycles. The van der Waals surface area contributed by atoms with Crippen molar-refractivity contribution in [3.05, 3.63) is 35.4 Å². The number of aliphatic carboxylic acids is 1. The lowest BCUT2D eigenvalue weighted by molar-refractivity contribution is -0.153. The Morgan fingerprint density at radius 1 is 1.25 bits per heavy atom. The van der Waals surface area contributed by atoms with Crippen LogP contribution in [0.5, 0.6) is 0 Å². The Kier molecular flexibility index (Phi) is 3.44. The van der Waals surface area contributed by atoms with Crippen molar-refractivity contribution in [2.75, 3.05) is 13.2 Å². The maximum Gasteiger partial charge on any atom is 0.326 e. The Morgan fingerprint density at radius 2 is 2.00 bits per heavy atom. The van der Waals surface area contributed by atoms with Crippen LogP contribution in [0, 0.1) is 5.92 Å². The number of rotatable bonds is 2. The van der Waals surface area contributed by atoms with Gasteiger partial charge in [0.05, 0.1) is 12.5 Å². The average molecular weight is 275 g/mol. The number of carboxylic acids is 1. The minimum Gasteiger partial charge on any atom is -0.480 e. The summed E-state index contributed by atoms with van der Waals surface area (Å²) in [6, 6.07) is 6.95. The van der Waals surface area contributed by atoms with Crippen LogP contribution in [0.2, 0.25) is 0 Å². The lowest BCUT2D eigenvalue weighted by Gasteiger charge is -2.35. The zero-order chi connectivity index (χ0) is 14.1. The SMILES string of the molecule is O=C(O)C1Cc2ccccc2CN1C(=O)C1CCOC1. The first kappa shape index (κ1) is 13.1. The van der Waals surface area contributed by atoms with Crippen molar-refractivity contribution in [3.8, 4) is 0 Å². The molecule has 3 rings (SSSR count). The first-order chi connectivity index (χ1) is 9.66. The van der Waals surface area contributed by atoms with Gasteiger partial charge in [-0.1, -0.05) is 24.3 Å². The number of hydrogen-bond acceptors (Lipinski definition) is 3. The topological polar surface area (TPSA) is 66.8 Å². The highest BCUT2D eigenvalue weighted by Gasteiger charge is 2.38. The minimum atomic E-state index is -0.938. The summed E-state index contributed by atoms with van der Waals surface area (Å²) in [6.45, 7) is 1.37. The van der Waals surface area contributed by atoms with Crippen LogP contribution in [0.1, 0.15) is 17.5 Å². The summed E-state index contributed by atoms with van der Waals surface area (Å²) >= 11 is 0. The number of fused-ring (bicyclic) bond motifs is 1. The van der Waals surface area contributed by atoms with Gasteiger partial charge in [-0.2, -0.15) is 0 Å². The zero-order valence-electron chi connectivity index (χ0n) is 11.1. The van der Waals surface area contributed by atoms with Crippen LogP contribution in [-0.4, -0.2) is 41.1 Å². The van der Waals surface area contributed by atoms with Gasteiger partial charge in [0.25, 0.3) is 0 Å². The van der Waals surface area contributed by atoms with Crippen molar-refractivity contribution < 1.29 is 19.4 Å². The van der Waals surface area contributed by atoms with Crippen molar-refractivity contribution in [3.63, 3.8) is 0 Å². The van der Waals surface area contributed by atoms with Crippen LogP contribution >= 0.6 is 0 Å². The van der Waals surface area contributed by atoms with E-state index in [9.17, 15) is 14.7 Å². The van der Waals surface area contributed by atoms with Crippen molar-refractivity contribution >= 4 is 11.9 Å². The van der Waals surface area contributed by atoms with Crippen LogP contribution in [0.4, 0.5) is 0 Å². The van der Waals surface area contributed by atoms with E-state index in [1.165, 1.54) is 4.90 Å². The van der Waals surface area contributed by atoms with E-state index in [0.29, 0.717) is 32.6 Å². The largest absolute Gasteiger partial charge is 0.480 e. The summed E-state index contributed by atoms with van der Waals surface area (Å²) in [6.07, 6.45) is 1.06. The molecule has 20 heavy (non-hydrogen) atoms. The van der Waals surface area contributed by atoms with E-state index in [1.54, 1.807) is 0 Å². The molecular formula is C15H17NO4. The number of carboxylic acid groups (broad SMARTS) is 1. The third-order valence-corrected chi connectivity index (χ3v) is 4.10. The molecule has 0 bridgehead atoms. The molecule has 2 unspecified atom stereocenters. The Bertz CT molecular complexity index is 536. The van der Waals surface area contributed by atoms with Crippen molar-refractivity contribution in [2.45, 2.75) is 25.4 Å². The quantitative estimate of drug-likeness (QED) is 0.876. The van der Waals surface area contributed by atoms with E-state index in [-0.39, 0.29) is 11.8 Å². The number of amides is 1. The Morgan fingerprint density at radius 3 is 2.65 bits per heavy atom. The molecule has 1 amide bonds. The fourth-order valence-corrected chi connectivity index (χ4v) is 2.94. The van der Waals surface area contributed by atoms with E-state index >= 15 is 0 Å². The number of hydrogen-bond donors (Lipinski definition) is 1. The fraction of sp³-hybridized carbons (Fsp3) is 0.467. The van der Waals surface area contributed by atoms with Crippen molar-refractivity contribution in [2.24, 2.45) is 5.92 Å². The van der Waals surface area contributed by atoms with Gasteiger partial charge in [-0.15, -0.1) is 0 Å². The summed E-state index contributed by atoms with van der Waals surface area (Å²) < 4.78 is 5.24. The van der Waals surface area contributed by atoms with Crippen LogP contribution in [0.25, 0.3) is 0 Å². The van der Waals surface area contributed by atoms with Gasteiger partial charge in [0.1, 0.15) is 6.04 Å². The van der Waals surface area contributed by atoms with Gasteiger partial charge in [0, 0.05) is 19.6 Å². The van der Waals surface area contributed by atoms with Gasteiger partial charge in [-0.3, -0.25) is 4.79 Å². The Hall–Kier alpha value is -1.88. The fourth-order valence-electron chi connectivity index (χ4n) is 2.94. The molecule has 2 atom stereocenters. The summed E-state index contributed by atoms with van der Waals surface area (Å²) in [4.78, 5) is 25.5. The molecule has 0 aliphatic carbocycles. The van der Waals surface area contributed by atoms with E-state index in [2.05, 4.69) is 0 Å². The summed E-state index contributed by atoms with van der Waals surface area (Å²) in [5, 5.41) is 9.40. The molecule has 106 valence electrons. The van der Waals surface area contributed by atoms with Crippen LogP contribution in [-0.2, 0) is 27.3 Å². The number of benzene rings is 1. The first-order valence-electron chi connectivity index (χ1n) is 6.84. The second-order valence-electron chi connectivity index (χ2n) is 5.35. The van der Waals surface area contributed by atoms with Gasteiger partial charge in [0.2, 0.25) is 5.91 Å². The second kappa shape index (κ2) is 5.25. The van der Waals surface area contributed by atoms with E-state index in [0.717, 1.165) is 11.1 Å². The number of nitrogens with zero attached hydrogens (tertiary/aromatic N) is 1. The van der Waals surface area contributed by atoms with Crippen LogP contribution < -0.4 is 0 Å². The molecule has 1 N–H and O–H groups in total. The normalized spacial score (nSPS) is 25.3. The molecule has 5 nitrogen and oxygen atoms in total. The molecule has 2 aliphatic rings. The lowest BCUT2D eigenvalue weighted by Crippen LogP contribution is -2.50. The predicted octanol–water partition coefficient (Wildman–Crippen LogP) is 1.06. The van der Waals surface area contributed by atoms with E-state index in [4.69, 9.17) is 4.74 Å². The van der Waals surface area contributed by atoms with Gasteiger partial charge in [-0.25, -0.2) is 4.79 Å². The van der Waals surface area contributed by atoms with Gasteiger partial charge >= 0.3 is 5.97 Å². The second-order valence-corrected chi connectivity index (χ2v) is 5.35. The van der Waals surface area contributed by atoms with Gasteiger partial charge in [-0.05, 0) is 17.5 Å². The minimum absolute atomic E-state index is 0.0931. The van der Waals surface area contributed by atoms with Crippen molar-refractivity contribution in [1.29, 1.82) is 0 Å². The molecule has 5 heteroatoms. The molecule has 1 saturated heterocycles. The van der Waals surface area contributed by atoms with E-state index < -0.39 is 12.0 Å². The van der Waals surface area contributed by atoms with Crippen molar-refractivity contribution in [1.82, 2.24) is 4.90 Å². The molecule has 0 spiro atoms.